The minimum absolute atomic E-state index is 0.0833. The average molecular weight is 472 g/mol. The third-order valence-electron chi connectivity index (χ3n) is 6.12. The average Bonchev–Trinajstić information content (AvgIpc) is 3.02. The van der Waals surface area contributed by atoms with Gasteiger partial charge in [0.25, 0.3) is 11.8 Å². The van der Waals surface area contributed by atoms with Crippen molar-refractivity contribution in [3.63, 3.8) is 0 Å². The zero-order chi connectivity index (χ0) is 24.9. The Morgan fingerprint density at radius 2 is 1.80 bits per heavy atom. The summed E-state index contributed by atoms with van der Waals surface area (Å²) in [4.78, 5) is 47.0. The molecule has 0 saturated carbocycles. The van der Waals surface area contributed by atoms with Crippen LogP contribution in [-0.4, -0.2) is 54.8 Å². The molecule has 0 spiro atoms. The lowest BCUT2D eigenvalue weighted by molar-refractivity contribution is -0.116. The highest BCUT2D eigenvalue weighted by Gasteiger charge is 2.34. The molecule has 0 bridgehead atoms. The van der Waals surface area contributed by atoms with Crippen LogP contribution in [0.1, 0.15) is 44.3 Å². The number of rotatable bonds is 6. The summed E-state index contributed by atoms with van der Waals surface area (Å²) in [5, 5.41) is 5.95. The van der Waals surface area contributed by atoms with Crippen LogP contribution < -0.4 is 15.5 Å². The van der Waals surface area contributed by atoms with Crippen molar-refractivity contribution in [1.82, 2.24) is 15.2 Å². The molecule has 2 heterocycles. The molecule has 35 heavy (non-hydrogen) atoms. The van der Waals surface area contributed by atoms with Crippen molar-refractivity contribution < 1.29 is 14.4 Å². The Morgan fingerprint density at radius 1 is 1.09 bits per heavy atom. The summed E-state index contributed by atoms with van der Waals surface area (Å²) in [6.45, 7) is 3.20. The number of aryl methyl sites for hydroxylation is 1. The van der Waals surface area contributed by atoms with Gasteiger partial charge in [0.15, 0.2) is 0 Å². The molecule has 3 aromatic rings. The van der Waals surface area contributed by atoms with Crippen molar-refractivity contribution in [1.29, 1.82) is 0 Å². The lowest BCUT2D eigenvalue weighted by Crippen LogP contribution is -2.35. The van der Waals surface area contributed by atoms with Crippen molar-refractivity contribution in [3.05, 3.63) is 89.2 Å². The Kier molecular flexibility index (Phi) is 7.22. The number of carbonyl (C=O) groups is 3. The van der Waals surface area contributed by atoms with E-state index in [9.17, 15) is 14.4 Å². The molecule has 3 amide bonds. The van der Waals surface area contributed by atoms with Gasteiger partial charge in [0.2, 0.25) is 5.91 Å². The number of amides is 3. The van der Waals surface area contributed by atoms with E-state index in [2.05, 4.69) is 15.6 Å². The number of pyridine rings is 1. The van der Waals surface area contributed by atoms with Crippen LogP contribution in [0, 0.1) is 6.92 Å². The fourth-order valence-electron chi connectivity index (χ4n) is 4.16. The third kappa shape index (κ3) is 5.22. The molecule has 0 saturated heterocycles. The highest BCUT2D eigenvalue weighted by molar-refractivity contribution is 6.12. The number of hydrogen-bond acceptors (Lipinski definition) is 5. The fraction of sp³-hybridized carbons (Fsp3) is 0.259. The van der Waals surface area contributed by atoms with Gasteiger partial charge < -0.3 is 15.5 Å². The van der Waals surface area contributed by atoms with Crippen LogP contribution in [0.3, 0.4) is 0 Å². The number of nitrogens with one attached hydrogen (secondary N) is 2. The predicted molar refractivity (Wildman–Crippen MR) is 136 cm³/mol. The SMILES string of the molecule is CNCCN(C)C(=O)c1ccc2c(c1)NC(=O)CC(c1ccc(C)cc1)N2C(=O)c1ccncc1. The largest absolute Gasteiger partial charge is 0.340 e. The van der Waals surface area contributed by atoms with Gasteiger partial charge in [0.1, 0.15) is 0 Å². The molecule has 1 atom stereocenters. The fourth-order valence-corrected chi connectivity index (χ4v) is 4.16. The summed E-state index contributed by atoms with van der Waals surface area (Å²) >= 11 is 0. The van der Waals surface area contributed by atoms with Gasteiger partial charge in [-0.3, -0.25) is 24.3 Å². The zero-order valence-electron chi connectivity index (χ0n) is 20.1. The molecular weight excluding hydrogens is 442 g/mol. The highest BCUT2D eigenvalue weighted by atomic mass is 16.2. The van der Waals surface area contributed by atoms with E-state index in [1.54, 1.807) is 59.6 Å². The summed E-state index contributed by atoms with van der Waals surface area (Å²) in [6.07, 6.45) is 3.22. The molecular formula is C27H29N5O3. The van der Waals surface area contributed by atoms with Gasteiger partial charge in [0.05, 0.1) is 23.8 Å². The van der Waals surface area contributed by atoms with Crippen molar-refractivity contribution in [2.24, 2.45) is 0 Å². The van der Waals surface area contributed by atoms with E-state index in [-0.39, 0.29) is 24.1 Å². The van der Waals surface area contributed by atoms with Crippen molar-refractivity contribution in [2.75, 3.05) is 37.4 Å². The first-order valence-electron chi connectivity index (χ1n) is 11.5. The molecule has 8 heteroatoms. The van der Waals surface area contributed by atoms with E-state index in [0.717, 1.165) is 11.1 Å². The minimum Gasteiger partial charge on any atom is -0.340 e. The molecule has 0 aliphatic carbocycles. The summed E-state index contributed by atoms with van der Waals surface area (Å²) < 4.78 is 0. The Balaban J connectivity index is 1.80. The molecule has 2 aromatic carbocycles. The van der Waals surface area contributed by atoms with Crippen LogP contribution in [0.4, 0.5) is 11.4 Å². The van der Waals surface area contributed by atoms with Gasteiger partial charge in [-0.15, -0.1) is 0 Å². The van der Waals surface area contributed by atoms with Crippen LogP contribution in [0.25, 0.3) is 0 Å². The smallest absolute Gasteiger partial charge is 0.259 e. The second-order valence-corrected chi connectivity index (χ2v) is 8.65. The molecule has 180 valence electrons. The Bertz CT molecular complexity index is 1230. The summed E-state index contributed by atoms with van der Waals surface area (Å²) in [7, 11) is 3.56. The number of aromatic nitrogens is 1. The number of carbonyl (C=O) groups excluding carboxylic acids is 3. The number of hydrogen-bond donors (Lipinski definition) is 2. The van der Waals surface area contributed by atoms with Crippen LogP contribution in [-0.2, 0) is 4.79 Å². The molecule has 1 unspecified atom stereocenters. The van der Waals surface area contributed by atoms with Crippen LogP contribution in [0.5, 0.6) is 0 Å². The van der Waals surface area contributed by atoms with E-state index in [1.165, 1.54) is 0 Å². The Hall–Kier alpha value is -4.04. The van der Waals surface area contributed by atoms with Gasteiger partial charge in [-0.05, 0) is 49.9 Å². The summed E-state index contributed by atoms with van der Waals surface area (Å²) in [6, 6.07) is 15.7. The normalized spacial score (nSPS) is 15.1. The summed E-state index contributed by atoms with van der Waals surface area (Å²) in [5.41, 5.74) is 3.81. The first-order valence-corrected chi connectivity index (χ1v) is 11.5. The number of nitrogens with zero attached hydrogens (tertiary/aromatic N) is 3. The van der Waals surface area contributed by atoms with Gasteiger partial charge in [-0.1, -0.05) is 29.8 Å². The topological polar surface area (TPSA) is 94.6 Å². The van der Waals surface area contributed by atoms with E-state index in [1.807, 2.05) is 38.2 Å². The molecule has 1 aliphatic heterocycles. The van der Waals surface area contributed by atoms with E-state index < -0.39 is 6.04 Å². The lowest BCUT2D eigenvalue weighted by Gasteiger charge is -2.31. The third-order valence-corrected chi connectivity index (χ3v) is 6.12. The quantitative estimate of drug-likeness (QED) is 0.575. The maximum absolute atomic E-state index is 13.8. The maximum atomic E-state index is 13.8. The van der Waals surface area contributed by atoms with Crippen molar-refractivity contribution in [3.8, 4) is 0 Å². The molecule has 0 fully saturated rings. The van der Waals surface area contributed by atoms with E-state index in [4.69, 9.17) is 0 Å². The molecule has 2 N–H and O–H groups in total. The highest BCUT2D eigenvalue weighted by Crippen LogP contribution is 2.39. The van der Waals surface area contributed by atoms with Crippen LogP contribution >= 0.6 is 0 Å². The second kappa shape index (κ2) is 10.5. The maximum Gasteiger partial charge on any atom is 0.259 e. The minimum atomic E-state index is -0.516. The predicted octanol–water partition coefficient (Wildman–Crippen LogP) is 3.41. The number of anilines is 2. The van der Waals surface area contributed by atoms with Gasteiger partial charge in [-0.2, -0.15) is 0 Å². The first kappa shape index (κ1) is 24.1. The second-order valence-electron chi connectivity index (χ2n) is 8.65. The van der Waals surface area contributed by atoms with Crippen LogP contribution in [0.15, 0.2) is 67.0 Å². The molecule has 0 radical (unpaired) electrons. The summed E-state index contributed by atoms with van der Waals surface area (Å²) in [5.74, 6) is -0.639. The zero-order valence-corrected chi connectivity index (χ0v) is 20.1. The van der Waals surface area contributed by atoms with E-state index in [0.29, 0.717) is 35.6 Å². The molecule has 1 aliphatic rings. The van der Waals surface area contributed by atoms with Gasteiger partial charge in [-0.25, -0.2) is 0 Å². The van der Waals surface area contributed by atoms with Gasteiger partial charge >= 0.3 is 0 Å². The van der Waals surface area contributed by atoms with Crippen molar-refractivity contribution in [2.45, 2.75) is 19.4 Å². The Morgan fingerprint density at radius 3 is 2.49 bits per heavy atom. The Labute approximate surface area is 205 Å². The van der Waals surface area contributed by atoms with Gasteiger partial charge in [0, 0.05) is 43.7 Å². The molecule has 4 rings (SSSR count). The first-order chi connectivity index (χ1) is 16.9. The van der Waals surface area contributed by atoms with Crippen molar-refractivity contribution >= 4 is 29.1 Å². The molecule has 1 aromatic heterocycles. The lowest BCUT2D eigenvalue weighted by atomic mass is 9.99. The number of fused-ring (bicyclic) bond motifs is 1. The van der Waals surface area contributed by atoms with E-state index >= 15 is 0 Å². The number of benzene rings is 2. The standard InChI is InChI=1S/C27H29N5O3/c1-18-4-6-19(7-5-18)24-17-25(33)30-22-16-21(26(34)31(3)15-14-28-2)8-9-23(22)32(24)27(35)20-10-12-29-13-11-20/h4-13,16,24,28H,14-15,17H2,1-3H3,(H,30,33). The number of likely N-dealkylation sites (N-methyl/N-ethyl adjacent to an activating group) is 2. The molecule has 8 nitrogen and oxygen atoms in total. The van der Waals surface area contributed by atoms with Crippen LogP contribution in [0.2, 0.25) is 0 Å². The monoisotopic (exact) mass is 471 g/mol.